The molecule has 1 aromatic rings. The summed E-state index contributed by atoms with van der Waals surface area (Å²) in [5.74, 6) is -0.892. The van der Waals surface area contributed by atoms with Crippen molar-refractivity contribution >= 4 is 5.97 Å². The van der Waals surface area contributed by atoms with E-state index in [2.05, 4.69) is 13.8 Å². The second kappa shape index (κ2) is 22.0. The Balaban J connectivity index is 1.87. The van der Waals surface area contributed by atoms with Gasteiger partial charge >= 0.3 is 5.97 Å². The van der Waals surface area contributed by atoms with E-state index in [-0.39, 0.29) is 12.0 Å². The zero-order valence-electron chi connectivity index (χ0n) is 21.3. The van der Waals surface area contributed by atoms with Crippen molar-refractivity contribution in [2.75, 3.05) is 52.9 Å². The van der Waals surface area contributed by atoms with Crippen LogP contribution in [0.25, 0.3) is 0 Å². The van der Waals surface area contributed by atoms with Gasteiger partial charge in [-0.3, -0.25) is 4.79 Å². The predicted molar refractivity (Wildman–Crippen MR) is 133 cm³/mol. The topological polar surface area (TPSA) is 83.5 Å². The average molecular weight is 483 g/mol. The molecule has 0 aromatic heterocycles. The Hall–Kier alpha value is -1.51. The van der Waals surface area contributed by atoms with Gasteiger partial charge in [-0.1, -0.05) is 63.4 Å². The number of ether oxygens (including phenoxy) is 5. The lowest BCUT2D eigenvalue weighted by Gasteiger charge is -2.18. The molecule has 0 radical (unpaired) electrons. The highest BCUT2D eigenvalue weighted by Crippen LogP contribution is 2.18. The summed E-state index contributed by atoms with van der Waals surface area (Å²) in [6, 6.07) is 10.1. The maximum absolute atomic E-state index is 11.3. The number of hydrogen-bond donors (Lipinski definition) is 1. The zero-order chi connectivity index (χ0) is 24.7. The Labute approximate surface area is 206 Å². The molecule has 0 amide bonds. The van der Waals surface area contributed by atoms with Crippen LogP contribution < -0.4 is 0 Å². The minimum absolute atomic E-state index is 0.161. The number of carbonyl (C=O) groups is 1. The van der Waals surface area contributed by atoms with Crippen molar-refractivity contribution in [3.05, 3.63) is 35.9 Å². The molecule has 0 spiro atoms. The maximum Gasteiger partial charge on any atom is 0.306 e. The Kier molecular flexibility index (Phi) is 19.7. The van der Waals surface area contributed by atoms with Gasteiger partial charge in [-0.25, -0.2) is 0 Å². The molecule has 0 fully saturated rings. The summed E-state index contributed by atoms with van der Waals surface area (Å²) in [5.41, 5.74) is 1.16. The van der Waals surface area contributed by atoms with Crippen molar-refractivity contribution in [2.24, 2.45) is 5.92 Å². The Morgan fingerprint density at radius 2 is 1.32 bits per heavy atom. The Bertz CT molecular complexity index is 582. The molecule has 0 heterocycles. The van der Waals surface area contributed by atoms with Crippen molar-refractivity contribution in [3.63, 3.8) is 0 Å². The number of benzene rings is 1. The molecule has 0 saturated heterocycles. The second-order valence-corrected chi connectivity index (χ2v) is 8.38. The highest BCUT2D eigenvalue weighted by atomic mass is 16.6. The van der Waals surface area contributed by atoms with E-state index in [1.54, 1.807) is 0 Å². The molecular formula is C27H46O7. The molecule has 0 aliphatic rings. The minimum atomic E-state index is -0.669. The first-order valence-corrected chi connectivity index (χ1v) is 12.9. The van der Waals surface area contributed by atoms with E-state index in [4.69, 9.17) is 23.7 Å². The van der Waals surface area contributed by atoms with Gasteiger partial charge in [0.25, 0.3) is 0 Å². The smallest absolute Gasteiger partial charge is 0.306 e. The SMILES string of the molecule is CCCCC(CCCC(CC)OCCOCCOCCOCCOCc1ccccc1)C(=O)O. The lowest BCUT2D eigenvalue weighted by Crippen LogP contribution is -2.18. The van der Waals surface area contributed by atoms with Gasteiger partial charge in [-0.05, 0) is 31.2 Å². The van der Waals surface area contributed by atoms with E-state index in [0.29, 0.717) is 59.5 Å². The number of unbranched alkanes of at least 4 members (excludes halogenated alkanes) is 1. The van der Waals surface area contributed by atoms with Crippen molar-refractivity contribution in [1.29, 1.82) is 0 Å². The Morgan fingerprint density at radius 3 is 1.88 bits per heavy atom. The van der Waals surface area contributed by atoms with Crippen LogP contribution in [0.1, 0.15) is 64.4 Å². The monoisotopic (exact) mass is 482 g/mol. The van der Waals surface area contributed by atoms with Gasteiger partial charge in [0.2, 0.25) is 0 Å². The van der Waals surface area contributed by atoms with Gasteiger partial charge in [0.05, 0.1) is 71.5 Å². The first-order valence-electron chi connectivity index (χ1n) is 12.9. The predicted octanol–water partition coefficient (Wildman–Crippen LogP) is 5.11. The Morgan fingerprint density at radius 1 is 0.765 bits per heavy atom. The van der Waals surface area contributed by atoms with Crippen LogP contribution in [-0.2, 0) is 35.1 Å². The molecule has 1 N–H and O–H groups in total. The van der Waals surface area contributed by atoms with E-state index in [0.717, 1.165) is 50.5 Å². The van der Waals surface area contributed by atoms with Gasteiger partial charge < -0.3 is 28.8 Å². The molecule has 7 heteroatoms. The lowest BCUT2D eigenvalue weighted by molar-refractivity contribution is -0.142. The summed E-state index contributed by atoms with van der Waals surface area (Å²) < 4.78 is 28.0. The molecule has 0 aliphatic carbocycles. The quantitative estimate of drug-likeness (QED) is 0.205. The highest BCUT2D eigenvalue weighted by molar-refractivity contribution is 5.69. The molecule has 34 heavy (non-hydrogen) atoms. The number of rotatable bonds is 24. The average Bonchev–Trinajstić information content (AvgIpc) is 2.85. The van der Waals surface area contributed by atoms with E-state index < -0.39 is 5.97 Å². The van der Waals surface area contributed by atoms with Crippen molar-refractivity contribution in [2.45, 2.75) is 71.5 Å². The summed E-state index contributed by atoms with van der Waals surface area (Å²) in [6.45, 7) is 9.11. The van der Waals surface area contributed by atoms with Gasteiger partial charge in [-0.2, -0.15) is 0 Å². The van der Waals surface area contributed by atoms with Crippen molar-refractivity contribution < 1.29 is 33.6 Å². The lowest BCUT2D eigenvalue weighted by atomic mass is 9.95. The summed E-state index contributed by atoms with van der Waals surface area (Å²) in [6.07, 6.45) is 6.38. The number of carboxylic acid groups (broad SMARTS) is 1. The number of hydrogen-bond acceptors (Lipinski definition) is 6. The first kappa shape index (κ1) is 30.5. The van der Waals surface area contributed by atoms with Crippen LogP contribution in [0.2, 0.25) is 0 Å². The molecule has 7 nitrogen and oxygen atoms in total. The number of carboxylic acids is 1. The fourth-order valence-electron chi connectivity index (χ4n) is 3.54. The van der Waals surface area contributed by atoms with Crippen LogP contribution in [0.5, 0.6) is 0 Å². The molecule has 1 aromatic carbocycles. The van der Waals surface area contributed by atoms with E-state index in [1.165, 1.54) is 0 Å². The highest BCUT2D eigenvalue weighted by Gasteiger charge is 2.17. The fraction of sp³-hybridized carbons (Fsp3) is 0.741. The largest absolute Gasteiger partial charge is 0.481 e. The van der Waals surface area contributed by atoms with Crippen molar-refractivity contribution in [1.82, 2.24) is 0 Å². The first-order chi connectivity index (χ1) is 16.7. The zero-order valence-corrected chi connectivity index (χ0v) is 21.3. The summed E-state index contributed by atoms with van der Waals surface area (Å²) in [4.78, 5) is 11.3. The summed E-state index contributed by atoms with van der Waals surface area (Å²) in [5, 5.41) is 9.32. The van der Waals surface area contributed by atoms with Crippen LogP contribution >= 0.6 is 0 Å². The number of aliphatic carboxylic acids is 1. The fourth-order valence-corrected chi connectivity index (χ4v) is 3.54. The van der Waals surface area contributed by atoms with Crippen LogP contribution in [-0.4, -0.2) is 70.0 Å². The van der Waals surface area contributed by atoms with Crippen LogP contribution in [0.15, 0.2) is 30.3 Å². The molecule has 0 aliphatic heterocycles. The molecule has 0 bridgehead atoms. The summed E-state index contributed by atoms with van der Waals surface area (Å²) >= 11 is 0. The standard InChI is InChI=1S/C27H46O7/c1-3-5-12-25(27(28)29)13-9-14-26(4-2)34-22-21-32-18-17-30-15-16-31-19-20-33-23-24-10-7-6-8-11-24/h6-8,10-11,25-26H,3-5,9,12-23H2,1-2H3,(H,28,29). The van der Waals surface area contributed by atoms with E-state index in [1.807, 2.05) is 30.3 Å². The van der Waals surface area contributed by atoms with Gasteiger partial charge in [0.1, 0.15) is 0 Å². The normalized spacial score (nSPS) is 13.1. The molecule has 0 saturated carbocycles. The van der Waals surface area contributed by atoms with Gasteiger partial charge in [0.15, 0.2) is 0 Å². The third-order valence-corrected chi connectivity index (χ3v) is 5.60. The van der Waals surface area contributed by atoms with Crippen LogP contribution in [0.4, 0.5) is 0 Å². The van der Waals surface area contributed by atoms with E-state index in [9.17, 15) is 9.90 Å². The van der Waals surface area contributed by atoms with Gasteiger partial charge in [-0.15, -0.1) is 0 Å². The van der Waals surface area contributed by atoms with Crippen LogP contribution in [0.3, 0.4) is 0 Å². The minimum Gasteiger partial charge on any atom is -0.481 e. The molecular weight excluding hydrogens is 436 g/mol. The second-order valence-electron chi connectivity index (χ2n) is 8.38. The summed E-state index contributed by atoms with van der Waals surface area (Å²) in [7, 11) is 0. The van der Waals surface area contributed by atoms with Gasteiger partial charge in [0, 0.05) is 0 Å². The van der Waals surface area contributed by atoms with Crippen LogP contribution in [0, 0.1) is 5.92 Å². The third kappa shape index (κ3) is 17.0. The van der Waals surface area contributed by atoms with Crippen molar-refractivity contribution in [3.8, 4) is 0 Å². The molecule has 2 unspecified atom stereocenters. The third-order valence-electron chi connectivity index (χ3n) is 5.60. The molecule has 196 valence electrons. The molecule has 1 rings (SSSR count). The molecule has 2 atom stereocenters. The van der Waals surface area contributed by atoms with E-state index >= 15 is 0 Å². The maximum atomic E-state index is 11.3.